The van der Waals surface area contributed by atoms with Gasteiger partial charge in [0.15, 0.2) is 9.04 Å². The molecule has 68 valence electrons. The fourth-order valence-electron chi connectivity index (χ4n) is 0.877. The van der Waals surface area contributed by atoms with Crippen molar-refractivity contribution >= 4 is 20.6 Å². The van der Waals surface area contributed by atoms with E-state index in [4.69, 9.17) is 16.0 Å². The molecule has 0 aromatic carbocycles. The van der Waals surface area contributed by atoms with Crippen molar-refractivity contribution in [2.24, 2.45) is 0 Å². The first-order valence-electron chi connectivity index (χ1n) is 4.48. The first-order valence-corrected chi connectivity index (χ1v) is 7.46. The third-order valence-corrected chi connectivity index (χ3v) is 3.94. The maximum atomic E-state index is 5.66. The van der Waals surface area contributed by atoms with Crippen LogP contribution in [0.3, 0.4) is 0 Å². The molecule has 0 aliphatic rings. The monoisotopic (exact) mass is 194 g/mol. The summed E-state index contributed by atoms with van der Waals surface area (Å²) in [4.78, 5) is 0. The molecule has 0 bridgehead atoms. The van der Waals surface area contributed by atoms with Crippen LogP contribution in [0.5, 0.6) is 0 Å². The summed E-state index contributed by atoms with van der Waals surface area (Å²) in [5.41, 5.74) is 0. The van der Waals surface area contributed by atoms with Crippen LogP contribution in [0.4, 0.5) is 0 Å². The number of alkyl halides is 1. The van der Waals surface area contributed by atoms with E-state index in [1.54, 1.807) is 0 Å². The molecule has 0 rings (SSSR count). The Bertz CT molecular complexity index is 80.5. The Hall–Kier alpha value is 0.467. The highest BCUT2D eigenvalue weighted by molar-refractivity contribution is 6.50. The van der Waals surface area contributed by atoms with Crippen LogP contribution >= 0.6 is 11.6 Å². The third-order valence-electron chi connectivity index (χ3n) is 1.64. The predicted octanol–water partition coefficient (Wildman–Crippen LogP) is 2.79. The smallest absolute Gasteiger partial charge is 0.173 e. The first-order chi connectivity index (χ1) is 5.31. The molecule has 0 aromatic rings. The Morgan fingerprint density at radius 2 is 2.09 bits per heavy atom. The quantitative estimate of drug-likeness (QED) is 0.344. The molecular weight excluding hydrogens is 176 g/mol. The highest BCUT2D eigenvalue weighted by Crippen LogP contribution is 2.01. The van der Waals surface area contributed by atoms with Crippen molar-refractivity contribution in [3.63, 3.8) is 0 Å². The molecule has 0 aliphatic carbocycles. The Morgan fingerprint density at radius 1 is 1.36 bits per heavy atom. The van der Waals surface area contributed by atoms with Gasteiger partial charge in [0.1, 0.15) is 0 Å². The molecule has 0 N–H and O–H groups in total. The average molecular weight is 195 g/mol. The van der Waals surface area contributed by atoms with Gasteiger partial charge in [-0.1, -0.05) is 13.3 Å². The molecule has 11 heavy (non-hydrogen) atoms. The van der Waals surface area contributed by atoms with Gasteiger partial charge in [0.05, 0.1) is 0 Å². The number of hydrogen-bond acceptors (Lipinski definition) is 1. The molecule has 3 heteroatoms. The zero-order valence-corrected chi connectivity index (χ0v) is 9.52. The standard InChI is InChI=1S/C8H19ClOSi/c1-3-4-7-10-11(2)8-5-6-9/h11H,3-8H2,1-2H3. The third kappa shape index (κ3) is 8.37. The second-order valence-electron chi connectivity index (χ2n) is 2.87. The Balaban J connectivity index is 3.02. The van der Waals surface area contributed by atoms with E-state index < -0.39 is 9.04 Å². The van der Waals surface area contributed by atoms with Gasteiger partial charge in [-0.3, -0.25) is 0 Å². The lowest BCUT2D eigenvalue weighted by molar-refractivity contribution is 0.313. The van der Waals surface area contributed by atoms with Gasteiger partial charge < -0.3 is 4.43 Å². The molecule has 1 atom stereocenters. The van der Waals surface area contributed by atoms with Crippen molar-refractivity contribution < 1.29 is 4.43 Å². The molecule has 1 nitrogen and oxygen atoms in total. The summed E-state index contributed by atoms with van der Waals surface area (Å²) in [6.45, 7) is 5.41. The highest BCUT2D eigenvalue weighted by atomic mass is 35.5. The van der Waals surface area contributed by atoms with Gasteiger partial charge in [0, 0.05) is 12.5 Å². The Morgan fingerprint density at radius 3 is 2.64 bits per heavy atom. The SMILES string of the molecule is CCCCO[SiH](C)CCCCl. The van der Waals surface area contributed by atoms with Crippen LogP contribution in [0, 0.1) is 0 Å². The van der Waals surface area contributed by atoms with E-state index in [1.165, 1.54) is 18.9 Å². The molecule has 0 spiro atoms. The maximum Gasteiger partial charge on any atom is 0.173 e. The van der Waals surface area contributed by atoms with E-state index in [-0.39, 0.29) is 0 Å². The minimum absolute atomic E-state index is 0.786. The normalized spacial score (nSPS) is 13.4. The Kier molecular flexibility index (Phi) is 8.93. The molecule has 0 fully saturated rings. The number of halogens is 1. The molecule has 0 saturated carbocycles. The first kappa shape index (κ1) is 11.5. The zero-order chi connectivity index (χ0) is 8.53. The fraction of sp³-hybridized carbons (Fsp3) is 1.00. The molecule has 0 radical (unpaired) electrons. The highest BCUT2D eigenvalue weighted by Gasteiger charge is 2.02. The maximum absolute atomic E-state index is 5.66. The summed E-state index contributed by atoms with van der Waals surface area (Å²) in [5, 5.41) is 0. The van der Waals surface area contributed by atoms with Crippen LogP contribution in [0.15, 0.2) is 0 Å². The van der Waals surface area contributed by atoms with Gasteiger partial charge in [-0.15, -0.1) is 11.6 Å². The van der Waals surface area contributed by atoms with E-state index in [9.17, 15) is 0 Å². The number of hydrogen-bond donors (Lipinski definition) is 0. The molecule has 0 aromatic heterocycles. The van der Waals surface area contributed by atoms with Crippen molar-refractivity contribution in [2.75, 3.05) is 12.5 Å². The lowest BCUT2D eigenvalue weighted by Gasteiger charge is -2.09. The van der Waals surface area contributed by atoms with E-state index in [0.717, 1.165) is 18.9 Å². The van der Waals surface area contributed by atoms with Crippen molar-refractivity contribution in [3.05, 3.63) is 0 Å². The average Bonchev–Trinajstić information content (AvgIpc) is 2.01. The van der Waals surface area contributed by atoms with Crippen LogP contribution in [0.1, 0.15) is 26.2 Å². The van der Waals surface area contributed by atoms with Gasteiger partial charge in [-0.25, -0.2) is 0 Å². The van der Waals surface area contributed by atoms with Crippen molar-refractivity contribution in [3.8, 4) is 0 Å². The molecule has 1 unspecified atom stereocenters. The van der Waals surface area contributed by atoms with Crippen molar-refractivity contribution in [1.82, 2.24) is 0 Å². The molecule has 0 amide bonds. The van der Waals surface area contributed by atoms with Gasteiger partial charge in [0.25, 0.3) is 0 Å². The molecule has 0 aliphatic heterocycles. The van der Waals surface area contributed by atoms with E-state index in [2.05, 4.69) is 13.5 Å². The summed E-state index contributed by atoms with van der Waals surface area (Å²) in [5.74, 6) is 0.786. The molecule has 0 heterocycles. The summed E-state index contributed by atoms with van der Waals surface area (Å²) in [6.07, 6.45) is 3.57. The van der Waals surface area contributed by atoms with Gasteiger partial charge in [-0.2, -0.15) is 0 Å². The zero-order valence-electron chi connectivity index (χ0n) is 7.61. The predicted molar refractivity (Wildman–Crippen MR) is 54.0 cm³/mol. The minimum atomic E-state index is -0.836. The van der Waals surface area contributed by atoms with Gasteiger partial charge in [-0.05, 0) is 25.4 Å². The van der Waals surface area contributed by atoms with E-state index in [1.807, 2.05) is 0 Å². The molecule has 0 saturated heterocycles. The number of rotatable bonds is 7. The van der Waals surface area contributed by atoms with Crippen LogP contribution < -0.4 is 0 Å². The minimum Gasteiger partial charge on any atom is -0.420 e. The van der Waals surface area contributed by atoms with E-state index >= 15 is 0 Å². The van der Waals surface area contributed by atoms with Crippen molar-refractivity contribution in [1.29, 1.82) is 0 Å². The van der Waals surface area contributed by atoms with Gasteiger partial charge >= 0.3 is 0 Å². The lowest BCUT2D eigenvalue weighted by Crippen LogP contribution is -2.13. The second kappa shape index (κ2) is 8.56. The van der Waals surface area contributed by atoms with Crippen LogP contribution in [0.2, 0.25) is 12.6 Å². The summed E-state index contributed by atoms with van der Waals surface area (Å²) < 4.78 is 5.66. The second-order valence-corrected chi connectivity index (χ2v) is 5.78. The summed E-state index contributed by atoms with van der Waals surface area (Å²) >= 11 is 5.57. The van der Waals surface area contributed by atoms with Crippen LogP contribution in [0.25, 0.3) is 0 Å². The van der Waals surface area contributed by atoms with Crippen molar-refractivity contribution in [2.45, 2.75) is 38.8 Å². The largest absolute Gasteiger partial charge is 0.420 e. The molecular formula is C8H19ClOSi. The summed E-state index contributed by atoms with van der Waals surface area (Å²) in [7, 11) is -0.836. The fourth-order valence-corrected chi connectivity index (χ4v) is 2.80. The van der Waals surface area contributed by atoms with Crippen LogP contribution in [-0.2, 0) is 4.43 Å². The summed E-state index contributed by atoms with van der Waals surface area (Å²) in [6, 6.07) is 1.23. The lowest BCUT2D eigenvalue weighted by atomic mass is 10.4. The Labute approximate surface area is 76.8 Å². The number of unbranched alkanes of at least 4 members (excludes halogenated alkanes) is 1. The van der Waals surface area contributed by atoms with Crippen LogP contribution in [-0.4, -0.2) is 21.5 Å². The topological polar surface area (TPSA) is 9.23 Å². The van der Waals surface area contributed by atoms with Gasteiger partial charge in [0.2, 0.25) is 0 Å². The van der Waals surface area contributed by atoms with E-state index in [0.29, 0.717) is 0 Å².